The van der Waals surface area contributed by atoms with E-state index in [1.54, 1.807) is 0 Å². The Labute approximate surface area is 79.0 Å². The number of hydrogen-bond acceptors (Lipinski definition) is 1. The van der Waals surface area contributed by atoms with Crippen LogP contribution in [-0.2, 0) is 11.3 Å². The highest BCUT2D eigenvalue weighted by molar-refractivity contribution is 5.14. The van der Waals surface area contributed by atoms with Crippen molar-refractivity contribution in [3.8, 4) is 0 Å². The third kappa shape index (κ3) is 1.99. The monoisotopic (exact) mass is 174 g/mol. The van der Waals surface area contributed by atoms with E-state index in [4.69, 9.17) is 4.74 Å². The maximum absolute atomic E-state index is 5.69. The highest BCUT2D eigenvalue weighted by Gasteiger charge is 2.19. The first-order valence-corrected chi connectivity index (χ1v) is 4.70. The van der Waals surface area contributed by atoms with Crippen LogP contribution < -0.4 is 0 Å². The van der Waals surface area contributed by atoms with Gasteiger partial charge >= 0.3 is 0 Å². The van der Waals surface area contributed by atoms with Gasteiger partial charge in [-0.05, 0) is 5.56 Å². The molecule has 1 nitrogen and oxygen atoms in total. The van der Waals surface area contributed by atoms with Gasteiger partial charge in [0.15, 0.2) is 0 Å². The minimum atomic E-state index is 0.334. The minimum absolute atomic E-state index is 0.334. The molecule has 2 rings (SSSR count). The average Bonchev–Trinajstić information content (AvgIpc) is 2.17. The highest BCUT2D eigenvalue weighted by atomic mass is 16.5. The summed E-state index contributed by atoms with van der Waals surface area (Å²) in [5.74, 6) is 0.587. The van der Waals surface area contributed by atoms with Gasteiger partial charge in [-0.3, -0.25) is 0 Å². The van der Waals surface area contributed by atoms with E-state index in [1.807, 2.05) is 18.2 Å². The summed E-state index contributed by atoms with van der Waals surface area (Å²) in [4.78, 5) is 0. The van der Waals surface area contributed by atoms with Gasteiger partial charge in [0.25, 0.3) is 0 Å². The maximum atomic E-state index is 5.69. The van der Waals surface area contributed by atoms with Crippen molar-refractivity contribution >= 4 is 0 Å². The first-order valence-electron chi connectivity index (χ1n) is 4.70. The molecule has 0 amide bonds. The van der Waals surface area contributed by atoms with Gasteiger partial charge in [-0.25, -0.2) is 0 Å². The number of ether oxygens (including phenoxy) is 1. The lowest BCUT2D eigenvalue weighted by molar-refractivity contribution is 0.0367. The summed E-state index contributed by atoms with van der Waals surface area (Å²) in [7, 11) is 0. The lowest BCUT2D eigenvalue weighted by Crippen LogP contribution is -2.24. The molecule has 0 spiro atoms. The summed E-state index contributed by atoms with van der Waals surface area (Å²) in [6.45, 7) is 2.90. The Hall–Kier alpha value is -1.08. The zero-order chi connectivity index (χ0) is 9.10. The van der Waals surface area contributed by atoms with Gasteiger partial charge in [0.1, 0.15) is 0 Å². The van der Waals surface area contributed by atoms with Crippen LogP contribution in [0.3, 0.4) is 0 Å². The highest BCUT2D eigenvalue weighted by Crippen LogP contribution is 2.21. The molecule has 1 aromatic rings. The van der Waals surface area contributed by atoms with Gasteiger partial charge in [-0.1, -0.05) is 49.4 Å². The fraction of sp³-hybridized carbons (Fsp3) is 0.333. The smallest absolute Gasteiger partial charge is 0.0820 e. The molecule has 1 aliphatic carbocycles. The van der Waals surface area contributed by atoms with Crippen molar-refractivity contribution in [2.24, 2.45) is 5.92 Å². The van der Waals surface area contributed by atoms with Gasteiger partial charge in [-0.15, -0.1) is 0 Å². The quantitative estimate of drug-likeness (QED) is 0.640. The van der Waals surface area contributed by atoms with E-state index in [0.717, 1.165) is 6.61 Å². The second-order valence-corrected chi connectivity index (χ2v) is 3.51. The Kier molecular flexibility index (Phi) is 2.46. The molecule has 0 N–H and O–H groups in total. The standard InChI is InChI=1S/C12H14O/c1-10-7-8-12(10)13-9-11-5-3-2-4-6-11/h2-8,10,12H,9H2,1H3/t10-,12+/m0/s1. The largest absolute Gasteiger partial charge is 0.369 e. The summed E-state index contributed by atoms with van der Waals surface area (Å²) >= 11 is 0. The summed E-state index contributed by atoms with van der Waals surface area (Å²) < 4.78 is 5.69. The molecule has 1 aromatic carbocycles. The van der Waals surface area contributed by atoms with Gasteiger partial charge < -0.3 is 4.74 Å². The molecule has 0 aromatic heterocycles. The van der Waals surface area contributed by atoms with Gasteiger partial charge in [0, 0.05) is 5.92 Å². The van der Waals surface area contributed by atoms with Gasteiger partial charge in [0.05, 0.1) is 12.7 Å². The van der Waals surface area contributed by atoms with Crippen molar-refractivity contribution in [2.75, 3.05) is 0 Å². The summed E-state index contributed by atoms with van der Waals surface area (Å²) in [6.07, 6.45) is 4.63. The third-order valence-corrected chi connectivity index (χ3v) is 2.41. The van der Waals surface area contributed by atoms with E-state index in [9.17, 15) is 0 Å². The van der Waals surface area contributed by atoms with Crippen LogP contribution in [0.4, 0.5) is 0 Å². The first kappa shape index (κ1) is 8.52. The second kappa shape index (κ2) is 3.75. The van der Waals surface area contributed by atoms with Gasteiger partial charge in [0.2, 0.25) is 0 Å². The van der Waals surface area contributed by atoms with E-state index < -0.39 is 0 Å². The van der Waals surface area contributed by atoms with Crippen LogP contribution in [-0.4, -0.2) is 6.10 Å². The van der Waals surface area contributed by atoms with E-state index in [1.165, 1.54) is 5.56 Å². The summed E-state index contributed by atoms with van der Waals surface area (Å²) in [5, 5.41) is 0. The molecule has 0 heterocycles. The lowest BCUT2D eigenvalue weighted by atomic mass is 9.94. The van der Waals surface area contributed by atoms with Crippen molar-refractivity contribution in [2.45, 2.75) is 19.6 Å². The molecule has 2 atom stereocenters. The van der Waals surface area contributed by atoms with E-state index >= 15 is 0 Å². The zero-order valence-electron chi connectivity index (χ0n) is 7.81. The van der Waals surface area contributed by atoms with Crippen LogP contribution in [0.5, 0.6) is 0 Å². The predicted octanol–water partition coefficient (Wildman–Crippen LogP) is 2.78. The van der Waals surface area contributed by atoms with Crippen molar-refractivity contribution in [1.82, 2.24) is 0 Å². The molecule has 68 valence electrons. The third-order valence-electron chi connectivity index (χ3n) is 2.41. The van der Waals surface area contributed by atoms with Crippen LogP contribution in [0.15, 0.2) is 42.5 Å². The molecule has 1 heteroatoms. The first-order chi connectivity index (χ1) is 6.36. The van der Waals surface area contributed by atoms with E-state index in [0.29, 0.717) is 12.0 Å². The van der Waals surface area contributed by atoms with Crippen molar-refractivity contribution in [3.63, 3.8) is 0 Å². The fourth-order valence-corrected chi connectivity index (χ4v) is 1.40. The van der Waals surface area contributed by atoms with Crippen molar-refractivity contribution in [1.29, 1.82) is 0 Å². The zero-order valence-corrected chi connectivity index (χ0v) is 7.81. The Morgan fingerprint density at radius 2 is 1.92 bits per heavy atom. The topological polar surface area (TPSA) is 9.23 Å². The normalized spacial score (nSPS) is 25.6. The lowest BCUT2D eigenvalue weighted by Gasteiger charge is -2.25. The molecule has 0 radical (unpaired) electrons. The number of rotatable bonds is 3. The van der Waals surface area contributed by atoms with Crippen LogP contribution in [0.25, 0.3) is 0 Å². The molecular formula is C12H14O. The van der Waals surface area contributed by atoms with Crippen LogP contribution in [0.1, 0.15) is 12.5 Å². The predicted molar refractivity (Wildman–Crippen MR) is 53.3 cm³/mol. The Balaban J connectivity index is 1.84. The Morgan fingerprint density at radius 3 is 2.46 bits per heavy atom. The fourth-order valence-electron chi connectivity index (χ4n) is 1.40. The minimum Gasteiger partial charge on any atom is -0.369 e. The van der Waals surface area contributed by atoms with Crippen molar-refractivity contribution < 1.29 is 4.74 Å². The molecule has 1 aliphatic rings. The molecule has 0 unspecified atom stereocenters. The average molecular weight is 174 g/mol. The van der Waals surface area contributed by atoms with E-state index in [2.05, 4.69) is 31.2 Å². The molecular weight excluding hydrogens is 160 g/mol. The molecule has 0 fully saturated rings. The number of benzene rings is 1. The molecule has 0 aliphatic heterocycles. The Bertz CT molecular complexity index is 289. The van der Waals surface area contributed by atoms with Crippen LogP contribution in [0.2, 0.25) is 0 Å². The maximum Gasteiger partial charge on any atom is 0.0820 e. The van der Waals surface area contributed by atoms with Crippen LogP contribution >= 0.6 is 0 Å². The van der Waals surface area contributed by atoms with Crippen LogP contribution in [0, 0.1) is 5.92 Å². The molecule has 0 saturated heterocycles. The summed E-state index contributed by atoms with van der Waals surface area (Å²) in [5.41, 5.74) is 1.25. The molecule has 0 saturated carbocycles. The second-order valence-electron chi connectivity index (χ2n) is 3.51. The van der Waals surface area contributed by atoms with E-state index in [-0.39, 0.29) is 0 Å². The Morgan fingerprint density at radius 1 is 1.15 bits per heavy atom. The SMILES string of the molecule is C[C@H]1C=C[C@H]1OCc1ccccc1. The van der Waals surface area contributed by atoms with Crippen molar-refractivity contribution in [3.05, 3.63) is 48.0 Å². The number of hydrogen-bond donors (Lipinski definition) is 0. The molecule has 0 bridgehead atoms. The molecule has 13 heavy (non-hydrogen) atoms. The summed E-state index contributed by atoms with van der Waals surface area (Å²) in [6, 6.07) is 10.3. The van der Waals surface area contributed by atoms with Gasteiger partial charge in [-0.2, -0.15) is 0 Å².